The summed E-state index contributed by atoms with van der Waals surface area (Å²) < 4.78 is 12.5. The van der Waals surface area contributed by atoms with Crippen molar-refractivity contribution in [1.82, 2.24) is 15.1 Å². The predicted octanol–water partition coefficient (Wildman–Crippen LogP) is 3.28. The van der Waals surface area contributed by atoms with Gasteiger partial charge in [-0.05, 0) is 45.1 Å². The second kappa shape index (κ2) is 8.01. The minimum Gasteiger partial charge on any atom is -0.497 e. The molecule has 0 aliphatic heterocycles. The topological polar surface area (TPSA) is 60.3 Å². The van der Waals surface area contributed by atoms with Crippen molar-refractivity contribution in [2.75, 3.05) is 19.5 Å². The number of methoxy groups -OCH3 is 2. The van der Waals surface area contributed by atoms with Crippen molar-refractivity contribution in [2.24, 2.45) is 0 Å². The van der Waals surface area contributed by atoms with Gasteiger partial charge in [0.05, 0.1) is 32.1 Å². The second-order valence-electron chi connectivity index (χ2n) is 5.39. The van der Waals surface area contributed by atoms with Gasteiger partial charge in [0.2, 0.25) is 0 Å². The van der Waals surface area contributed by atoms with E-state index in [-0.39, 0.29) is 6.04 Å². The van der Waals surface area contributed by atoms with Gasteiger partial charge in [0.1, 0.15) is 11.5 Å². The first-order valence-electron chi connectivity index (χ1n) is 7.82. The van der Waals surface area contributed by atoms with Crippen molar-refractivity contribution in [3.63, 3.8) is 0 Å². The van der Waals surface area contributed by atoms with Crippen LogP contribution in [-0.4, -0.2) is 29.1 Å². The summed E-state index contributed by atoms with van der Waals surface area (Å²) in [5.41, 5.74) is 3.05. The summed E-state index contributed by atoms with van der Waals surface area (Å²) in [7, 11) is 3.23. The van der Waals surface area contributed by atoms with Crippen molar-refractivity contribution in [1.29, 1.82) is 0 Å². The molecule has 2 N–H and O–H groups in total. The number of nitrogens with one attached hydrogen (secondary N) is 2. The Labute approximate surface area is 148 Å². The molecule has 0 fully saturated rings. The van der Waals surface area contributed by atoms with Crippen molar-refractivity contribution in [3.8, 4) is 11.5 Å². The lowest BCUT2D eigenvalue weighted by Crippen LogP contribution is -2.31. The predicted molar refractivity (Wildman–Crippen MR) is 100.0 cm³/mol. The smallest absolute Gasteiger partial charge is 0.171 e. The van der Waals surface area contributed by atoms with Gasteiger partial charge < -0.3 is 20.1 Å². The van der Waals surface area contributed by atoms with E-state index in [9.17, 15) is 0 Å². The Kier molecular flexibility index (Phi) is 6.03. The van der Waals surface area contributed by atoms with Gasteiger partial charge in [0, 0.05) is 23.9 Å². The molecule has 2 aromatic rings. The average Bonchev–Trinajstić information content (AvgIpc) is 2.95. The molecule has 2 rings (SSSR count). The Morgan fingerprint density at radius 2 is 2.08 bits per heavy atom. The van der Waals surface area contributed by atoms with Crippen LogP contribution in [0.5, 0.6) is 11.5 Å². The van der Waals surface area contributed by atoms with Gasteiger partial charge in [0.25, 0.3) is 0 Å². The number of hydrogen-bond donors (Lipinski definition) is 2. The second-order valence-corrected chi connectivity index (χ2v) is 5.80. The maximum Gasteiger partial charge on any atom is 0.171 e. The van der Waals surface area contributed by atoms with Crippen molar-refractivity contribution >= 4 is 23.0 Å². The summed E-state index contributed by atoms with van der Waals surface area (Å²) in [6, 6.07) is 5.59. The van der Waals surface area contributed by atoms with Gasteiger partial charge in [-0.3, -0.25) is 4.68 Å². The van der Waals surface area contributed by atoms with Gasteiger partial charge in [-0.25, -0.2) is 0 Å². The van der Waals surface area contributed by atoms with Crippen LogP contribution in [0.4, 0.5) is 5.69 Å². The molecule has 0 saturated heterocycles. The van der Waals surface area contributed by atoms with Crippen LogP contribution >= 0.6 is 12.2 Å². The lowest BCUT2D eigenvalue weighted by atomic mass is 10.1. The van der Waals surface area contributed by atoms with Crippen LogP contribution in [0, 0.1) is 6.92 Å². The first kappa shape index (κ1) is 18.1. The van der Waals surface area contributed by atoms with Crippen molar-refractivity contribution in [2.45, 2.75) is 33.4 Å². The van der Waals surface area contributed by atoms with Gasteiger partial charge in [-0.1, -0.05) is 0 Å². The fraction of sp³-hybridized carbons (Fsp3) is 0.412. The molecule has 1 aromatic heterocycles. The van der Waals surface area contributed by atoms with Crippen LogP contribution in [0.25, 0.3) is 0 Å². The SMILES string of the molecule is CCn1ncc(C(C)NC(=S)Nc2ccc(OC)cc2OC)c1C. The Morgan fingerprint density at radius 1 is 1.33 bits per heavy atom. The Hall–Kier alpha value is -2.28. The van der Waals surface area contributed by atoms with E-state index in [0.29, 0.717) is 10.9 Å². The first-order chi connectivity index (χ1) is 11.5. The molecule has 1 heterocycles. The van der Waals surface area contributed by atoms with Crippen LogP contribution in [0.15, 0.2) is 24.4 Å². The van der Waals surface area contributed by atoms with Gasteiger partial charge in [-0.2, -0.15) is 5.10 Å². The van der Waals surface area contributed by atoms with E-state index in [1.54, 1.807) is 14.2 Å². The number of anilines is 1. The highest BCUT2D eigenvalue weighted by Gasteiger charge is 2.14. The van der Waals surface area contributed by atoms with E-state index in [1.165, 1.54) is 0 Å². The molecular weight excluding hydrogens is 324 g/mol. The third-order valence-electron chi connectivity index (χ3n) is 3.91. The molecular formula is C17H24N4O2S. The van der Waals surface area contributed by atoms with Crippen molar-refractivity contribution in [3.05, 3.63) is 35.7 Å². The number of benzene rings is 1. The Bertz CT molecular complexity index is 715. The van der Waals surface area contributed by atoms with E-state index in [1.807, 2.05) is 29.1 Å². The zero-order chi connectivity index (χ0) is 17.7. The normalized spacial score (nSPS) is 11.7. The number of aryl methyl sites for hydroxylation is 1. The highest BCUT2D eigenvalue weighted by Crippen LogP contribution is 2.29. The molecule has 0 spiro atoms. The summed E-state index contributed by atoms with van der Waals surface area (Å²) >= 11 is 5.42. The number of hydrogen-bond acceptors (Lipinski definition) is 4. The summed E-state index contributed by atoms with van der Waals surface area (Å²) in [5.74, 6) is 1.40. The molecule has 0 saturated carbocycles. The highest BCUT2D eigenvalue weighted by atomic mass is 32.1. The molecule has 6 nitrogen and oxygen atoms in total. The standard InChI is InChI=1S/C17H24N4O2S/c1-6-21-12(3)14(10-18-21)11(2)19-17(24)20-15-8-7-13(22-4)9-16(15)23-5/h7-11H,6H2,1-5H3,(H2,19,20,24). The minimum absolute atomic E-state index is 0.0505. The van der Waals surface area contributed by atoms with E-state index >= 15 is 0 Å². The molecule has 7 heteroatoms. The third-order valence-corrected chi connectivity index (χ3v) is 4.13. The lowest BCUT2D eigenvalue weighted by Gasteiger charge is -2.18. The van der Waals surface area contributed by atoms with E-state index in [4.69, 9.17) is 21.7 Å². The molecule has 0 amide bonds. The summed E-state index contributed by atoms with van der Waals surface area (Å²) in [6.45, 7) is 7.05. The van der Waals surface area contributed by atoms with Crippen LogP contribution in [0.2, 0.25) is 0 Å². The molecule has 0 radical (unpaired) electrons. The number of aromatic nitrogens is 2. The number of ether oxygens (including phenoxy) is 2. The summed E-state index contributed by atoms with van der Waals surface area (Å²) in [4.78, 5) is 0. The van der Waals surface area contributed by atoms with Gasteiger partial charge >= 0.3 is 0 Å². The highest BCUT2D eigenvalue weighted by molar-refractivity contribution is 7.80. The molecule has 0 bridgehead atoms. The monoisotopic (exact) mass is 348 g/mol. The molecule has 0 aliphatic rings. The zero-order valence-electron chi connectivity index (χ0n) is 14.7. The van der Waals surface area contributed by atoms with Gasteiger partial charge in [-0.15, -0.1) is 0 Å². The number of thiocarbonyl (C=S) groups is 1. The lowest BCUT2D eigenvalue weighted by molar-refractivity contribution is 0.395. The third kappa shape index (κ3) is 3.97. The van der Waals surface area contributed by atoms with Crippen LogP contribution < -0.4 is 20.1 Å². The van der Waals surface area contributed by atoms with Gasteiger partial charge in [0.15, 0.2) is 5.11 Å². The maximum absolute atomic E-state index is 5.42. The van der Waals surface area contributed by atoms with Crippen LogP contribution in [0.3, 0.4) is 0 Å². The molecule has 0 aliphatic carbocycles. The van der Waals surface area contributed by atoms with E-state index < -0.39 is 0 Å². The number of nitrogens with zero attached hydrogens (tertiary/aromatic N) is 2. The van der Waals surface area contributed by atoms with Crippen LogP contribution in [0.1, 0.15) is 31.1 Å². The van der Waals surface area contributed by atoms with Crippen molar-refractivity contribution < 1.29 is 9.47 Å². The molecule has 1 aromatic carbocycles. The number of rotatable bonds is 6. The van der Waals surface area contributed by atoms with Crippen LogP contribution in [-0.2, 0) is 6.54 Å². The summed E-state index contributed by atoms with van der Waals surface area (Å²) in [6.07, 6.45) is 1.88. The quantitative estimate of drug-likeness (QED) is 0.781. The largest absolute Gasteiger partial charge is 0.497 e. The molecule has 130 valence electrons. The Morgan fingerprint density at radius 3 is 2.67 bits per heavy atom. The maximum atomic E-state index is 5.42. The minimum atomic E-state index is 0.0505. The molecule has 1 unspecified atom stereocenters. The summed E-state index contributed by atoms with van der Waals surface area (Å²) in [5, 5.41) is 11.3. The zero-order valence-corrected chi connectivity index (χ0v) is 15.5. The van der Waals surface area contributed by atoms with E-state index in [0.717, 1.165) is 29.2 Å². The average molecular weight is 348 g/mol. The fourth-order valence-electron chi connectivity index (χ4n) is 2.54. The first-order valence-corrected chi connectivity index (χ1v) is 8.22. The fourth-order valence-corrected chi connectivity index (χ4v) is 2.83. The Balaban J connectivity index is 2.06. The molecule has 1 atom stereocenters. The van der Waals surface area contributed by atoms with E-state index in [2.05, 4.69) is 36.5 Å². The molecule has 24 heavy (non-hydrogen) atoms.